The molecule has 2 aromatic rings. The van der Waals surface area contributed by atoms with Crippen LogP contribution in [0, 0.1) is 6.92 Å². The summed E-state index contributed by atoms with van der Waals surface area (Å²) in [5, 5.41) is 2.13. The summed E-state index contributed by atoms with van der Waals surface area (Å²) in [6.45, 7) is 2.08. The number of thiophene rings is 1. The van der Waals surface area contributed by atoms with Gasteiger partial charge in [0.1, 0.15) is 5.78 Å². The molecule has 0 fully saturated rings. The van der Waals surface area contributed by atoms with E-state index in [4.69, 9.17) is 0 Å². The highest BCUT2D eigenvalue weighted by molar-refractivity contribution is 7.10. The van der Waals surface area contributed by atoms with E-state index in [-0.39, 0.29) is 5.92 Å². The van der Waals surface area contributed by atoms with Gasteiger partial charge in [0.25, 0.3) is 0 Å². The lowest BCUT2D eigenvalue weighted by Crippen LogP contribution is -2.19. The van der Waals surface area contributed by atoms with E-state index < -0.39 is 0 Å². The van der Waals surface area contributed by atoms with E-state index in [0.29, 0.717) is 12.2 Å². The number of aryl methyl sites for hydroxylation is 2. The Kier molecular flexibility index (Phi) is 3.52. The van der Waals surface area contributed by atoms with Gasteiger partial charge in [0, 0.05) is 17.2 Å². The fourth-order valence-electron chi connectivity index (χ4n) is 2.94. The third-order valence-corrected chi connectivity index (χ3v) is 5.06. The molecule has 98 valence electrons. The highest BCUT2D eigenvalue weighted by atomic mass is 32.1. The number of carbonyl (C=O) groups excluding carboxylic acids is 1. The molecular formula is C17H18OS. The van der Waals surface area contributed by atoms with Crippen LogP contribution in [0.3, 0.4) is 0 Å². The fourth-order valence-corrected chi connectivity index (χ4v) is 3.93. The van der Waals surface area contributed by atoms with Crippen molar-refractivity contribution in [1.29, 1.82) is 0 Å². The summed E-state index contributed by atoms with van der Waals surface area (Å²) in [7, 11) is 0. The number of benzene rings is 1. The van der Waals surface area contributed by atoms with Gasteiger partial charge >= 0.3 is 0 Å². The minimum absolute atomic E-state index is 0.134. The zero-order valence-corrected chi connectivity index (χ0v) is 12.0. The first-order valence-corrected chi connectivity index (χ1v) is 7.77. The van der Waals surface area contributed by atoms with Crippen LogP contribution >= 0.6 is 11.3 Å². The van der Waals surface area contributed by atoms with Crippen molar-refractivity contribution in [2.75, 3.05) is 0 Å². The van der Waals surface area contributed by atoms with E-state index in [1.54, 1.807) is 11.3 Å². The van der Waals surface area contributed by atoms with Gasteiger partial charge in [0.2, 0.25) is 0 Å². The molecule has 0 bridgehead atoms. The summed E-state index contributed by atoms with van der Waals surface area (Å²) in [4.78, 5) is 14.0. The lowest BCUT2D eigenvalue weighted by Gasteiger charge is -2.21. The van der Waals surface area contributed by atoms with E-state index in [1.165, 1.54) is 21.6 Å². The van der Waals surface area contributed by atoms with E-state index in [9.17, 15) is 4.79 Å². The van der Waals surface area contributed by atoms with Crippen molar-refractivity contribution in [1.82, 2.24) is 0 Å². The molecule has 0 saturated heterocycles. The van der Waals surface area contributed by atoms with Crippen molar-refractivity contribution in [3.05, 3.63) is 57.3 Å². The summed E-state index contributed by atoms with van der Waals surface area (Å²) < 4.78 is 0. The van der Waals surface area contributed by atoms with Crippen LogP contribution in [-0.2, 0) is 17.6 Å². The maximum atomic E-state index is 12.6. The minimum Gasteiger partial charge on any atom is -0.299 e. The number of hydrogen-bond donors (Lipinski definition) is 0. The lowest BCUT2D eigenvalue weighted by molar-refractivity contribution is -0.120. The number of rotatable bonds is 3. The summed E-state index contributed by atoms with van der Waals surface area (Å²) in [5.74, 6) is 0.517. The van der Waals surface area contributed by atoms with Gasteiger partial charge in [0.15, 0.2) is 0 Å². The number of fused-ring (bicyclic) bond motifs is 1. The number of Topliss-reactive ketones (excluding diaryl/α,β-unsaturated/α-hetero) is 1. The van der Waals surface area contributed by atoms with Crippen LogP contribution in [0.2, 0.25) is 0 Å². The molecule has 2 heteroatoms. The van der Waals surface area contributed by atoms with Crippen LogP contribution in [-0.4, -0.2) is 5.78 Å². The largest absolute Gasteiger partial charge is 0.299 e. The summed E-state index contributed by atoms with van der Waals surface area (Å²) in [5.41, 5.74) is 3.70. The summed E-state index contributed by atoms with van der Waals surface area (Å²) >= 11 is 1.80. The molecule has 3 rings (SSSR count). The topological polar surface area (TPSA) is 17.1 Å². The van der Waals surface area contributed by atoms with Crippen LogP contribution < -0.4 is 0 Å². The van der Waals surface area contributed by atoms with Gasteiger partial charge < -0.3 is 0 Å². The maximum absolute atomic E-state index is 12.6. The Morgan fingerprint density at radius 2 is 2.16 bits per heavy atom. The molecule has 1 unspecified atom stereocenters. The van der Waals surface area contributed by atoms with E-state index in [0.717, 1.165) is 19.3 Å². The molecule has 19 heavy (non-hydrogen) atoms. The molecule has 1 heterocycles. The highest BCUT2D eigenvalue weighted by Crippen LogP contribution is 2.36. The SMILES string of the molecule is Cc1ccccc1CC(=O)C1CCCc2sccc21. The first-order chi connectivity index (χ1) is 9.25. The molecule has 0 saturated carbocycles. The summed E-state index contributed by atoms with van der Waals surface area (Å²) in [6.07, 6.45) is 3.90. The fraction of sp³-hybridized carbons (Fsp3) is 0.353. The molecule has 1 atom stereocenters. The van der Waals surface area contributed by atoms with Gasteiger partial charge in [-0.3, -0.25) is 4.79 Å². The van der Waals surface area contributed by atoms with Crippen molar-refractivity contribution in [2.45, 2.75) is 38.5 Å². The Balaban J connectivity index is 1.81. The Morgan fingerprint density at radius 1 is 1.32 bits per heavy atom. The van der Waals surface area contributed by atoms with E-state index >= 15 is 0 Å². The van der Waals surface area contributed by atoms with Crippen LogP contribution in [0.1, 0.15) is 40.3 Å². The van der Waals surface area contributed by atoms with Crippen LogP contribution in [0.4, 0.5) is 0 Å². The van der Waals surface area contributed by atoms with Crippen LogP contribution in [0.15, 0.2) is 35.7 Å². The molecule has 0 radical (unpaired) electrons. The number of hydrogen-bond acceptors (Lipinski definition) is 2. The monoisotopic (exact) mass is 270 g/mol. The molecule has 0 amide bonds. The van der Waals surface area contributed by atoms with Crippen molar-refractivity contribution < 1.29 is 4.79 Å². The predicted octanol–water partition coefficient (Wildman–Crippen LogP) is 4.29. The molecule has 1 aromatic heterocycles. The molecule has 1 nitrogen and oxygen atoms in total. The van der Waals surface area contributed by atoms with Crippen molar-refractivity contribution in [3.63, 3.8) is 0 Å². The Hall–Kier alpha value is -1.41. The zero-order chi connectivity index (χ0) is 13.2. The first-order valence-electron chi connectivity index (χ1n) is 6.89. The molecule has 0 aliphatic heterocycles. The van der Waals surface area contributed by atoms with Crippen molar-refractivity contribution in [3.8, 4) is 0 Å². The highest BCUT2D eigenvalue weighted by Gasteiger charge is 2.27. The van der Waals surface area contributed by atoms with Crippen LogP contribution in [0.25, 0.3) is 0 Å². The quantitative estimate of drug-likeness (QED) is 0.813. The molecule has 0 spiro atoms. The second-order valence-electron chi connectivity index (χ2n) is 5.31. The van der Waals surface area contributed by atoms with Gasteiger partial charge in [-0.05, 0) is 54.3 Å². The predicted molar refractivity (Wildman–Crippen MR) is 79.9 cm³/mol. The maximum Gasteiger partial charge on any atom is 0.144 e. The molecular weight excluding hydrogens is 252 g/mol. The average molecular weight is 270 g/mol. The van der Waals surface area contributed by atoms with E-state index in [2.05, 4.69) is 30.5 Å². The standard InChI is InChI=1S/C17H18OS/c1-12-5-2-3-6-13(12)11-16(18)14-7-4-8-17-15(14)9-10-19-17/h2-3,5-6,9-10,14H,4,7-8,11H2,1H3. The van der Waals surface area contributed by atoms with Gasteiger partial charge in [0.05, 0.1) is 0 Å². The molecule has 0 N–H and O–H groups in total. The van der Waals surface area contributed by atoms with Crippen molar-refractivity contribution in [2.24, 2.45) is 0 Å². The molecule has 1 aliphatic carbocycles. The number of ketones is 1. The van der Waals surface area contributed by atoms with Gasteiger partial charge in [-0.15, -0.1) is 11.3 Å². The van der Waals surface area contributed by atoms with Crippen molar-refractivity contribution >= 4 is 17.1 Å². The average Bonchev–Trinajstić information content (AvgIpc) is 2.89. The third kappa shape index (κ3) is 2.50. The minimum atomic E-state index is 0.134. The Bertz CT molecular complexity index is 597. The van der Waals surface area contributed by atoms with Gasteiger partial charge in [-0.25, -0.2) is 0 Å². The van der Waals surface area contributed by atoms with E-state index in [1.807, 2.05) is 12.1 Å². The third-order valence-electron chi connectivity index (χ3n) is 4.07. The Morgan fingerprint density at radius 3 is 3.00 bits per heavy atom. The molecule has 1 aliphatic rings. The number of carbonyl (C=O) groups is 1. The summed E-state index contributed by atoms with van der Waals surface area (Å²) in [6, 6.07) is 10.4. The lowest BCUT2D eigenvalue weighted by atomic mass is 9.82. The van der Waals surface area contributed by atoms with Crippen LogP contribution in [0.5, 0.6) is 0 Å². The van der Waals surface area contributed by atoms with Gasteiger partial charge in [-0.1, -0.05) is 24.3 Å². The zero-order valence-electron chi connectivity index (χ0n) is 11.2. The van der Waals surface area contributed by atoms with Gasteiger partial charge in [-0.2, -0.15) is 0 Å². The Labute approximate surface area is 118 Å². The normalized spacial score (nSPS) is 18.1. The smallest absolute Gasteiger partial charge is 0.144 e. The second kappa shape index (κ2) is 5.30. The second-order valence-corrected chi connectivity index (χ2v) is 6.31. The first kappa shape index (κ1) is 12.6. The molecule has 1 aromatic carbocycles.